The summed E-state index contributed by atoms with van der Waals surface area (Å²) in [5.74, 6) is 0.566. The molecule has 0 fully saturated rings. The van der Waals surface area contributed by atoms with E-state index in [9.17, 15) is 0 Å². The van der Waals surface area contributed by atoms with Crippen molar-refractivity contribution in [2.75, 3.05) is 0 Å². The minimum Gasteiger partial charge on any atom is -0.462 e. The molecule has 0 aromatic rings. The quantitative estimate of drug-likeness (QED) is 0.631. The minimum absolute atomic E-state index is 0.566. The average molecular weight is 140 g/mol. The number of allylic oxidation sites excluding steroid dienone is 1. The molecule has 1 rings (SSSR count). The lowest BCUT2D eigenvalue weighted by Crippen LogP contribution is -2.06. The van der Waals surface area contributed by atoms with Crippen LogP contribution in [0.5, 0.6) is 0 Å². The number of hydrogen-bond acceptors (Lipinski definition) is 2. The van der Waals surface area contributed by atoms with Gasteiger partial charge in [-0.3, -0.25) is 0 Å². The number of hydrogen-bond donors (Lipinski definition) is 1. The second kappa shape index (κ2) is 2.88. The van der Waals surface area contributed by atoms with E-state index in [0.29, 0.717) is 5.76 Å². The van der Waals surface area contributed by atoms with E-state index in [1.165, 1.54) is 0 Å². The maximum absolute atomic E-state index is 9.14. The number of ether oxygens (including phenoxy) is 1. The standard InChI is InChI=1S/C8H12O2/c1-3-4-7-5-6(2)10-8(7)9/h5,8-9H,2-4H2,1H3. The van der Waals surface area contributed by atoms with Gasteiger partial charge in [0.1, 0.15) is 5.76 Å². The fraction of sp³-hybridized carbons (Fsp3) is 0.500. The van der Waals surface area contributed by atoms with E-state index in [4.69, 9.17) is 9.84 Å². The molecular formula is C8H12O2. The van der Waals surface area contributed by atoms with Crippen molar-refractivity contribution >= 4 is 0 Å². The van der Waals surface area contributed by atoms with Crippen LogP contribution in [0, 0.1) is 0 Å². The van der Waals surface area contributed by atoms with Crippen molar-refractivity contribution in [2.45, 2.75) is 26.1 Å². The average Bonchev–Trinajstić information content (AvgIpc) is 2.13. The lowest BCUT2D eigenvalue weighted by Gasteiger charge is -2.06. The summed E-state index contributed by atoms with van der Waals surface area (Å²) in [7, 11) is 0. The molecule has 0 saturated carbocycles. The fourth-order valence-electron chi connectivity index (χ4n) is 1.02. The van der Waals surface area contributed by atoms with Crippen LogP contribution in [0.15, 0.2) is 24.0 Å². The van der Waals surface area contributed by atoms with Gasteiger partial charge in [0.05, 0.1) is 0 Å². The van der Waals surface area contributed by atoms with Crippen LogP contribution in [-0.2, 0) is 4.74 Å². The molecule has 0 aliphatic carbocycles. The molecule has 10 heavy (non-hydrogen) atoms. The third kappa shape index (κ3) is 1.39. The molecule has 0 bridgehead atoms. The van der Waals surface area contributed by atoms with Gasteiger partial charge in [-0.05, 0) is 12.5 Å². The van der Waals surface area contributed by atoms with Crippen LogP contribution < -0.4 is 0 Å². The molecule has 0 aromatic carbocycles. The zero-order chi connectivity index (χ0) is 7.56. The molecule has 2 heteroatoms. The monoisotopic (exact) mass is 140 g/mol. The Kier molecular flexibility index (Phi) is 2.12. The molecule has 0 aromatic heterocycles. The number of rotatable bonds is 2. The van der Waals surface area contributed by atoms with E-state index in [0.717, 1.165) is 18.4 Å². The second-order valence-electron chi connectivity index (χ2n) is 2.41. The van der Waals surface area contributed by atoms with E-state index >= 15 is 0 Å². The maximum Gasteiger partial charge on any atom is 0.220 e. The van der Waals surface area contributed by atoms with Crippen molar-refractivity contribution in [3.8, 4) is 0 Å². The largest absolute Gasteiger partial charge is 0.462 e. The topological polar surface area (TPSA) is 29.5 Å². The normalized spacial score (nSPS) is 24.4. The van der Waals surface area contributed by atoms with Gasteiger partial charge >= 0.3 is 0 Å². The second-order valence-corrected chi connectivity index (χ2v) is 2.41. The molecule has 1 heterocycles. The Labute approximate surface area is 60.8 Å². The van der Waals surface area contributed by atoms with E-state index in [1.54, 1.807) is 6.08 Å². The predicted octanol–water partition coefficient (Wildman–Crippen LogP) is 1.58. The maximum atomic E-state index is 9.14. The van der Waals surface area contributed by atoms with Gasteiger partial charge in [0.15, 0.2) is 0 Å². The summed E-state index contributed by atoms with van der Waals surface area (Å²) >= 11 is 0. The Hall–Kier alpha value is -0.760. The highest BCUT2D eigenvalue weighted by Gasteiger charge is 2.18. The molecule has 56 valence electrons. The van der Waals surface area contributed by atoms with Crippen LogP contribution in [-0.4, -0.2) is 11.4 Å². The van der Waals surface area contributed by atoms with Crippen LogP contribution >= 0.6 is 0 Å². The Balaban J connectivity index is 2.56. The Morgan fingerprint density at radius 3 is 2.90 bits per heavy atom. The van der Waals surface area contributed by atoms with Crippen molar-refractivity contribution in [3.63, 3.8) is 0 Å². The van der Waals surface area contributed by atoms with Crippen molar-refractivity contribution in [1.82, 2.24) is 0 Å². The summed E-state index contributed by atoms with van der Waals surface area (Å²) in [5.41, 5.74) is 0.938. The van der Waals surface area contributed by atoms with E-state index in [-0.39, 0.29) is 0 Å². The molecule has 0 radical (unpaired) electrons. The Bertz CT molecular complexity index is 170. The first-order valence-electron chi connectivity index (χ1n) is 3.48. The zero-order valence-corrected chi connectivity index (χ0v) is 6.13. The van der Waals surface area contributed by atoms with Crippen molar-refractivity contribution in [3.05, 3.63) is 24.0 Å². The van der Waals surface area contributed by atoms with Crippen LogP contribution in [0.25, 0.3) is 0 Å². The molecule has 0 amide bonds. The summed E-state index contributed by atoms with van der Waals surface area (Å²) in [6.45, 7) is 5.64. The Morgan fingerprint density at radius 1 is 1.80 bits per heavy atom. The van der Waals surface area contributed by atoms with Crippen molar-refractivity contribution in [1.29, 1.82) is 0 Å². The summed E-state index contributed by atoms with van der Waals surface area (Å²) in [6, 6.07) is 0. The van der Waals surface area contributed by atoms with E-state index < -0.39 is 6.29 Å². The fourth-order valence-corrected chi connectivity index (χ4v) is 1.02. The van der Waals surface area contributed by atoms with Crippen molar-refractivity contribution in [2.24, 2.45) is 0 Å². The number of aliphatic hydroxyl groups is 1. The SMILES string of the molecule is C=C1C=C(CCC)C(O)O1. The van der Waals surface area contributed by atoms with Gasteiger partial charge in [-0.25, -0.2) is 0 Å². The molecule has 0 saturated heterocycles. The molecule has 1 aliphatic rings. The first kappa shape index (κ1) is 7.35. The summed E-state index contributed by atoms with van der Waals surface area (Å²) in [5, 5.41) is 9.14. The van der Waals surface area contributed by atoms with E-state index in [2.05, 4.69) is 13.5 Å². The zero-order valence-electron chi connectivity index (χ0n) is 6.13. The molecule has 1 N–H and O–H groups in total. The van der Waals surface area contributed by atoms with Crippen molar-refractivity contribution < 1.29 is 9.84 Å². The molecule has 1 aliphatic heterocycles. The van der Waals surface area contributed by atoms with Gasteiger partial charge in [-0.2, -0.15) is 0 Å². The first-order valence-corrected chi connectivity index (χ1v) is 3.48. The highest BCUT2D eigenvalue weighted by atomic mass is 16.6. The third-order valence-electron chi connectivity index (χ3n) is 1.47. The molecule has 2 nitrogen and oxygen atoms in total. The predicted molar refractivity (Wildman–Crippen MR) is 39.2 cm³/mol. The molecule has 1 atom stereocenters. The van der Waals surface area contributed by atoms with Crippen LogP contribution in [0.4, 0.5) is 0 Å². The molecule has 1 unspecified atom stereocenters. The lowest BCUT2D eigenvalue weighted by molar-refractivity contribution is -0.0196. The van der Waals surface area contributed by atoms with Crippen LogP contribution in [0.1, 0.15) is 19.8 Å². The van der Waals surface area contributed by atoms with Gasteiger partial charge in [0, 0.05) is 5.57 Å². The summed E-state index contributed by atoms with van der Waals surface area (Å²) < 4.78 is 4.89. The highest BCUT2D eigenvalue weighted by Crippen LogP contribution is 2.22. The Morgan fingerprint density at radius 2 is 2.50 bits per heavy atom. The highest BCUT2D eigenvalue weighted by molar-refractivity contribution is 5.23. The van der Waals surface area contributed by atoms with Crippen LogP contribution in [0.2, 0.25) is 0 Å². The molecular weight excluding hydrogens is 128 g/mol. The molecule has 0 spiro atoms. The minimum atomic E-state index is -0.729. The third-order valence-corrected chi connectivity index (χ3v) is 1.47. The van der Waals surface area contributed by atoms with Crippen LogP contribution in [0.3, 0.4) is 0 Å². The summed E-state index contributed by atoms with van der Waals surface area (Å²) in [6.07, 6.45) is 2.99. The van der Waals surface area contributed by atoms with Gasteiger partial charge in [-0.1, -0.05) is 19.9 Å². The van der Waals surface area contributed by atoms with Gasteiger partial charge in [0.25, 0.3) is 0 Å². The lowest BCUT2D eigenvalue weighted by atomic mass is 10.1. The van der Waals surface area contributed by atoms with Gasteiger partial charge < -0.3 is 9.84 Å². The first-order chi connectivity index (χ1) is 4.74. The van der Waals surface area contributed by atoms with E-state index in [1.807, 2.05) is 0 Å². The summed E-state index contributed by atoms with van der Waals surface area (Å²) in [4.78, 5) is 0. The van der Waals surface area contributed by atoms with Gasteiger partial charge in [-0.15, -0.1) is 0 Å². The number of aliphatic hydroxyl groups excluding tert-OH is 1. The smallest absolute Gasteiger partial charge is 0.220 e. The van der Waals surface area contributed by atoms with Gasteiger partial charge in [0.2, 0.25) is 6.29 Å².